The second-order valence-electron chi connectivity index (χ2n) is 6.68. The van der Waals surface area contributed by atoms with Gasteiger partial charge in [0.2, 0.25) is 0 Å². The van der Waals surface area contributed by atoms with E-state index in [9.17, 15) is 9.90 Å². The number of ether oxygens (including phenoxy) is 5. The van der Waals surface area contributed by atoms with Crippen LogP contribution in [-0.2, 0) is 9.47 Å². The van der Waals surface area contributed by atoms with Crippen molar-refractivity contribution in [2.45, 2.75) is 25.0 Å². The summed E-state index contributed by atoms with van der Waals surface area (Å²) in [6, 6.07) is 10.4. The highest BCUT2D eigenvalue weighted by molar-refractivity contribution is 5.97. The Labute approximate surface area is 170 Å². The molecule has 1 heterocycles. The summed E-state index contributed by atoms with van der Waals surface area (Å²) in [7, 11) is 4.68. The Morgan fingerprint density at radius 2 is 1.72 bits per heavy atom. The van der Waals surface area contributed by atoms with E-state index in [1.807, 2.05) is 0 Å². The molecule has 0 fully saturated rings. The maximum absolute atomic E-state index is 12.4. The molecule has 2 atom stereocenters. The van der Waals surface area contributed by atoms with E-state index in [1.165, 1.54) is 14.2 Å². The van der Waals surface area contributed by atoms with Gasteiger partial charge < -0.3 is 28.8 Å². The van der Waals surface area contributed by atoms with Crippen molar-refractivity contribution in [3.05, 3.63) is 53.1 Å². The third kappa shape index (κ3) is 4.63. The summed E-state index contributed by atoms with van der Waals surface area (Å²) < 4.78 is 26.7. The first-order valence-corrected chi connectivity index (χ1v) is 9.45. The predicted molar refractivity (Wildman–Crippen MR) is 106 cm³/mol. The van der Waals surface area contributed by atoms with Crippen LogP contribution in [0.25, 0.3) is 0 Å². The summed E-state index contributed by atoms with van der Waals surface area (Å²) in [5, 5.41) is 10.9. The first-order valence-electron chi connectivity index (χ1n) is 9.45. The molecule has 7 nitrogen and oxygen atoms in total. The molecule has 0 spiro atoms. The summed E-state index contributed by atoms with van der Waals surface area (Å²) >= 11 is 0. The fourth-order valence-corrected chi connectivity index (χ4v) is 3.28. The van der Waals surface area contributed by atoms with Crippen LogP contribution in [0.15, 0.2) is 36.4 Å². The molecule has 0 saturated heterocycles. The molecular weight excluding hydrogens is 376 g/mol. The van der Waals surface area contributed by atoms with Gasteiger partial charge in [-0.25, -0.2) is 4.79 Å². The number of cyclic esters (lactones) is 1. The lowest BCUT2D eigenvalue weighted by Crippen LogP contribution is -2.11. The number of hydrogen-bond acceptors (Lipinski definition) is 7. The highest BCUT2D eigenvalue weighted by Crippen LogP contribution is 2.45. The third-order valence-corrected chi connectivity index (χ3v) is 4.83. The lowest BCUT2D eigenvalue weighted by molar-refractivity contribution is -0.0103. The largest absolute Gasteiger partial charge is 0.497 e. The van der Waals surface area contributed by atoms with Crippen LogP contribution in [0.2, 0.25) is 0 Å². The van der Waals surface area contributed by atoms with Gasteiger partial charge in [-0.05, 0) is 36.6 Å². The second kappa shape index (κ2) is 9.62. The van der Waals surface area contributed by atoms with Crippen LogP contribution in [0.4, 0.5) is 0 Å². The predicted octanol–water partition coefficient (Wildman–Crippen LogP) is 3.45. The van der Waals surface area contributed by atoms with Gasteiger partial charge in [-0.1, -0.05) is 12.1 Å². The minimum atomic E-state index is -1.03. The van der Waals surface area contributed by atoms with Gasteiger partial charge in [0.25, 0.3) is 0 Å². The Hall–Kier alpha value is -2.77. The van der Waals surface area contributed by atoms with Gasteiger partial charge in [0, 0.05) is 25.3 Å². The maximum Gasteiger partial charge on any atom is 0.343 e. The average Bonchev–Trinajstić information content (AvgIpc) is 3.09. The van der Waals surface area contributed by atoms with Gasteiger partial charge >= 0.3 is 5.97 Å². The Kier molecular flexibility index (Phi) is 6.95. The topological polar surface area (TPSA) is 83.5 Å². The zero-order chi connectivity index (χ0) is 20.8. The zero-order valence-electron chi connectivity index (χ0n) is 16.8. The Balaban J connectivity index is 1.73. The molecule has 0 saturated carbocycles. The molecule has 1 N–H and O–H groups in total. The van der Waals surface area contributed by atoms with Gasteiger partial charge in [0.15, 0.2) is 6.10 Å². The van der Waals surface area contributed by atoms with Crippen LogP contribution in [0, 0.1) is 0 Å². The van der Waals surface area contributed by atoms with E-state index < -0.39 is 18.2 Å². The van der Waals surface area contributed by atoms with Crippen molar-refractivity contribution in [3.8, 4) is 17.2 Å². The minimum absolute atomic E-state index is 0.313. The highest BCUT2D eigenvalue weighted by Gasteiger charge is 2.39. The number of carbonyl (C=O) groups is 1. The number of fused-ring (bicyclic) bond motifs is 1. The fourth-order valence-electron chi connectivity index (χ4n) is 3.28. The number of rotatable bonds is 10. The van der Waals surface area contributed by atoms with Crippen LogP contribution < -0.4 is 14.2 Å². The number of unbranched alkanes of at least 4 members (excludes halogenated alkanes) is 1. The molecule has 0 bridgehead atoms. The summed E-state index contributed by atoms with van der Waals surface area (Å²) in [6.45, 7) is 1.31. The molecule has 1 aliphatic heterocycles. The summed E-state index contributed by atoms with van der Waals surface area (Å²) in [6.07, 6.45) is -0.0429. The van der Waals surface area contributed by atoms with Gasteiger partial charge in [-0.15, -0.1) is 0 Å². The van der Waals surface area contributed by atoms with Crippen molar-refractivity contribution in [2.24, 2.45) is 0 Å². The number of benzene rings is 2. The Bertz CT molecular complexity index is 832. The normalized spacial score (nSPS) is 16.1. The first-order chi connectivity index (χ1) is 14.1. The Morgan fingerprint density at radius 3 is 2.38 bits per heavy atom. The number of hydrogen-bond donors (Lipinski definition) is 1. The van der Waals surface area contributed by atoms with E-state index in [1.54, 1.807) is 43.5 Å². The Morgan fingerprint density at radius 1 is 1.00 bits per heavy atom. The molecule has 0 amide bonds. The van der Waals surface area contributed by atoms with E-state index in [0.717, 1.165) is 12.8 Å². The number of aliphatic hydroxyl groups is 1. The maximum atomic E-state index is 12.4. The number of carbonyl (C=O) groups excluding carboxylic acids is 1. The monoisotopic (exact) mass is 402 g/mol. The molecule has 156 valence electrons. The van der Waals surface area contributed by atoms with Gasteiger partial charge in [-0.2, -0.15) is 0 Å². The molecule has 0 radical (unpaired) electrons. The van der Waals surface area contributed by atoms with Gasteiger partial charge in [-0.3, -0.25) is 0 Å². The van der Waals surface area contributed by atoms with Crippen LogP contribution >= 0.6 is 0 Å². The third-order valence-electron chi connectivity index (χ3n) is 4.83. The van der Waals surface area contributed by atoms with Crippen molar-refractivity contribution in [2.75, 3.05) is 34.5 Å². The van der Waals surface area contributed by atoms with Crippen LogP contribution in [0.3, 0.4) is 0 Å². The van der Waals surface area contributed by atoms with E-state index in [2.05, 4.69) is 0 Å². The zero-order valence-corrected chi connectivity index (χ0v) is 16.8. The average molecular weight is 402 g/mol. The summed E-state index contributed by atoms with van der Waals surface area (Å²) in [5.41, 5.74) is 1.47. The van der Waals surface area contributed by atoms with Crippen LogP contribution in [-0.4, -0.2) is 45.6 Å². The van der Waals surface area contributed by atoms with E-state index in [-0.39, 0.29) is 0 Å². The van der Waals surface area contributed by atoms with E-state index in [4.69, 9.17) is 23.7 Å². The van der Waals surface area contributed by atoms with E-state index in [0.29, 0.717) is 47.2 Å². The minimum Gasteiger partial charge on any atom is -0.497 e. The molecule has 2 aromatic carbocycles. The molecule has 1 aliphatic rings. The highest BCUT2D eigenvalue weighted by atomic mass is 16.6. The molecule has 2 unspecified atom stereocenters. The molecule has 2 aromatic rings. The SMILES string of the molecule is COCCCCOc1ccc(C(O)C2OC(=O)c3c(OC)cc(OC)cc32)cc1. The summed E-state index contributed by atoms with van der Waals surface area (Å²) in [4.78, 5) is 12.4. The standard InChI is InChI=1S/C22H26O7/c1-25-10-4-5-11-28-15-8-6-14(7-9-15)20(23)21-17-12-16(26-2)13-18(27-3)19(17)22(24)29-21/h6-9,12-13,20-21,23H,4-5,10-11H2,1-3H3. The number of aliphatic hydroxyl groups excluding tert-OH is 1. The molecule has 3 rings (SSSR count). The lowest BCUT2D eigenvalue weighted by Gasteiger charge is -2.19. The fraction of sp³-hybridized carbons (Fsp3) is 0.409. The van der Waals surface area contributed by atoms with Gasteiger partial charge in [0.05, 0.1) is 20.8 Å². The van der Waals surface area contributed by atoms with Crippen molar-refractivity contribution in [3.63, 3.8) is 0 Å². The lowest BCUT2D eigenvalue weighted by atomic mass is 9.96. The molecular formula is C22H26O7. The smallest absolute Gasteiger partial charge is 0.343 e. The van der Waals surface area contributed by atoms with Crippen molar-refractivity contribution >= 4 is 5.97 Å². The first kappa shape index (κ1) is 21.0. The van der Waals surface area contributed by atoms with Crippen LogP contribution in [0.1, 0.15) is 46.5 Å². The van der Waals surface area contributed by atoms with E-state index >= 15 is 0 Å². The molecule has 7 heteroatoms. The molecule has 29 heavy (non-hydrogen) atoms. The van der Waals surface area contributed by atoms with Crippen LogP contribution in [0.5, 0.6) is 17.2 Å². The second-order valence-corrected chi connectivity index (χ2v) is 6.68. The summed E-state index contributed by atoms with van der Waals surface area (Å²) in [5.74, 6) is 1.06. The van der Waals surface area contributed by atoms with Crippen molar-refractivity contribution in [1.82, 2.24) is 0 Å². The molecule has 0 aliphatic carbocycles. The quantitative estimate of drug-likeness (QED) is 0.481. The molecule has 0 aromatic heterocycles. The number of esters is 1. The van der Waals surface area contributed by atoms with Crippen molar-refractivity contribution < 1.29 is 33.6 Å². The van der Waals surface area contributed by atoms with Crippen molar-refractivity contribution in [1.29, 1.82) is 0 Å². The number of methoxy groups -OCH3 is 3. The van der Waals surface area contributed by atoms with Gasteiger partial charge in [0.1, 0.15) is 28.9 Å².